The maximum Gasteiger partial charge on any atom is 0.412 e. The molecular weight excluding hydrogens is 394 g/mol. The molecule has 1 fully saturated rings. The summed E-state index contributed by atoms with van der Waals surface area (Å²) >= 11 is 0. The first-order valence-corrected chi connectivity index (χ1v) is 11.1. The molecule has 6 heteroatoms. The van der Waals surface area contributed by atoms with E-state index in [1.54, 1.807) is 4.90 Å². The molecule has 1 N–H and O–H groups in total. The molecule has 1 amide bonds. The topological polar surface area (TPSA) is 76.1 Å². The van der Waals surface area contributed by atoms with E-state index in [1.165, 1.54) is 0 Å². The van der Waals surface area contributed by atoms with Crippen molar-refractivity contribution in [3.05, 3.63) is 48.0 Å². The molecule has 1 aliphatic heterocycles. The summed E-state index contributed by atoms with van der Waals surface area (Å²) in [5.41, 5.74) is -0.369. The van der Waals surface area contributed by atoms with Gasteiger partial charge in [-0.3, -0.25) is 9.69 Å². The molecule has 1 heterocycles. The maximum atomic E-state index is 13.2. The first-order chi connectivity index (χ1) is 14.5. The molecule has 1 saturated heterocycles. The zero-order valence-electron chi connectivity index (χ0n) is 19.2. The lowest BCUT2D eigenvalue weighted by Gasteiger charge is -2.35. The maximum absolute atomic E-state index is 13.2. The Morgan fingerprint density at radius 2 is 1.81 bits per heavy atom. The summed E-state index contributed by atoms with van der Waals surface area (Å²) in [5, 5.41) is 9.69. The van der Waals surface area contributed by atoms with E-state index in [4.69, 9.17) is 9.47 Å². The number of benzene rings is 1. The van der Waals surface area contributed by atoms with Crippen LogP contribution in [0.1, 0.15) is 59.4 Å². The van der Waals surface area contributed by atoms with Crippen LogP contribution in [0.4, 0.5) is 4.79 Å². The third-order valence-electron chi connectivity index (χ3n) is 6.08. The zero-order chi connectivity index (χ0) is 22.8. The lowest BCUT2D eigenvalue weighted by atomic mass is 9.78. The van der Waals surface area contributed by atoms with Crippen LogP contribution in [0.2, 0.25) is 0 Å². The molecule has 4 atom stereocenters. The van der Waals surface area contributed by atoms with Crippen molar-refractivity contribution >= 4 is 12.1 Å². The highest BCUT2D eigenvalue weighted by Crippen LogP contribution is 2.40. The standard InChI is InChI=1S/C25H35NO5/c1-24(2,3)31-23(29)26-20(15-17-11-7-6-8-12-17)21(30-25(26,4)5)16-18-13-9-10-14-19(18)22(27)28/h6-12,18-21H,13-16H2,1-5H3,(H,27,28). The average Bonchev–Trinajstić information content (AvgIpc) is 2.91. The van der Waals surface area contributed by atoms with Crippen LogP contribution in [-0.4, -0.2) is 45.5 Å². The second kappa shape index (κ2) is 9.03. The van der Waals surface area contributed by atoms with E-state index in [9.17, 15) is 14.7 Å². The highest BCUT2D eigenvalue weighted by molar-refractivity contribution is 5.71. The van der Waals surface area contributed by atoms with Crippen LogP contribution in [-0.2, 0) is 20.7 Å². The van der Waals surface area contributed by atoms with Gasteiger partial charge in [-0.2, -0.15) is 0 Å². The smallest absolute Gasteiger partial charge is 0.412 e. The van der Waals surface area contributed by atoms with Gasteiger partial charge in [0.2, 0.25) is 0 Å². The average molecular weight is 430 g/mol. The van der Waals surface area contributed by atoms with E-state index in [2.05, 4.69) is 6.08 Å². The molecular formula is C25H35NO5. The molecule has 0 radical (unpaired) electrons. The molecule has 4 unspecified atom stereocenters. The number of ether oxygens (including phenoxy) is 2. The van der Waals surface area contributed by atoms with E-state index in [0.29, 0.717) is 25.7 Å². The summed E-state index contributed by atoms with van der Waals surface area (Å²) in [6.45, 7) is 9.31. The van der Waals surface area contributed by atoms with Gasteiger partial charge in [0.15, 0.2) is 0 Å². The number of carbonyl (C=O) groups excluding carboxylic acids is 1. The van der Waals surface area contributed by atoms with Crippen molar-refractivity contribution < 1.29 is 24.2 Å². The van der Waals surface area contributed by atoms with Crippen molar-refractivity contribution in [2.24, 2.45) is 11.8 Å². The van der Waals surface area contributed by atoms with Crippen molar-refractivity contribution in [1.29, 1.82) is 0 Å². The van der Waals surface area contributed by atoms with Gasteiger partial charge in [-0.15, -0.1) is 0 Å². The number of carboxylic acid groups (broad SMARTS) is 1. The third kappa shape index (κ3) is 5.67. The van der Waals surface area contributed by atoms with E-state index < -0.39 is 29.3 Å². The molecule has 0 spiro atoms. The number of hydrogen-bond acceptors (Lipinski definition) is 4. The Balaban J connectivity index is 1.90. The molecule has 6 nitrogen and oxygen atoms in total. The number of hydrogen-bond donors (Lipinski definition) is 1. The van der Waals surface area contributed by atoms with Crippen LogP contribution in [0.15, 0.2) is 42.5 Å². The number of allylic oxidation sites excluding steroid dienone is 2. The van der Waals surface area contributed by atoms with Gasteiger partial charge in [-0.05, 0) is 71.8 Å². The number of rotatable bonds is 5. The fourth-order valence-corrected chi connectivity index (χ4v) is 4.75. The summed E-state index contributed by atoms with van der Waals surface area (Å²) in [7, 11) is 0. The summed E-state index contributed by atoms with van der Waals surface area (Å²) in [4.78, 5) is 26.7. The Hall–Kier alpha value is -2.34. The summed E-state index contributed by atoms with van der Waals surface area (Å²) in [6.07, 6.45) is 5.78. The Kier molecular flexibility index (Phi) is 6.79. The lowest BCUT2D eigenvalue weighted by Crippen LogP contribution is -2.51. The number of carboxylic acids is 1. The molecule has 31 heavy (non-hydrogen) atoms. The fraction of sp³-hybridized carbons (Fsp3) is 0.600. The van der Waals surface area contributed by atoms with Crippen molar-refractivity contribution in [1.82, 2.24) is 4.90 Å². The van der Waals surface area contributed by atoms with Gasteiger partial charge in [0.1, 0.15) is 11.3 Å². The normalized spacial score (nSPS) is 27.8. The van der Waals surface area contributed by atoms with Gasteiger partial charge >= 0.3 is 12.1 Å². The van der Waals surface area contributed by atoms with Crippen LogP contribution in [0.5, 0.6) is 0 Å². The molecule has 2 aliphatic rings. The molecule has 0 aromatic heterocycles. The quantitative estimate of drug-likeness (QED) is 0.665. The molecule has 170 valence electrons. The largest absolute Gasteiger partial charge is 0.481 e. The van der Waals surface area contributed by atoms with E-state index in [-0.39, 0.29) is 18.1 Å². The molecule has 0 bridgehead atoms. The van der Waals surface area contributed by atoms with Crippen LogP contribution in [0.3, 0.4) is 0 Å². The highest BCUT2D eigenvalue weighted by atomic mass is 16.6. The first-order valence-electron chi connectivity index (χ1n) is 11.1. The van der Waals surface area contributed by atoms with Crippen LogP contribution >= 0.6 is 0 Å². The Bertz CT molecular complexity index is 811. The number of amides is 1. The van der Waals surface area contributed by atoms with E-state index >= 15 is 0 Å². The SMILES string of the molecule is CC(C)(C)OC(=O)N1C(Cc2ccccc2)C(CC2CC=CCC2C(=O)O)OC1(C)C. The van der Waals surface area contributed by atoms with Crippen molar-refractivity contribution in [3.63, 3.8) is 0 Å². The van der Waals surface area contributed by atoms with Crippen LogP contribution in [0, 0.1) is 11.8 Å². The van der Waals surface area contributed by atoms with Gasteiger partial charge in [-0.1, -0.05) is 42.5 Å². The molecule has 1 aromatic rings. The molecule has 1 aliphatic carbocycles. The predicted molar refractivity (Wildman–Crippen MR) is 119 cm³/mol. The molecule has 3 rings (SSSR count). The minimum atomic E-state index is -0.852. The van der Waals surface area contributed by atoms with E-state index in [0.717, 1.165) is 5.56 Å². The fourth-order valence-electron chi connectivity index (χ4n) is 4.75. The van der Waals surface area contributed by atoms with Gasteiger partial charge in [0.25, 0.3) is 0 Å². The number of nitrogens with zero attached hydrogens (tertiary/aromatic N) is 1. The highest BCUT2D eigenvalue weighted by Gasteiger charge is 2.52. The second-order valence-electron chi connectivity index (χ2n) is 10.1. The predicted octanol–water partition coefficient (Wildman–Crippen LogP) is 5.03. The zero-order valence-corrected chi connectivity index (χ0v) is 19.2. The van der Waals surface area contributed by atoms with Gasteiger partial charge in [-0.25, -0.2) is 4.79 Å². The van der Waals surface area contributed by atoms with Crippen molar-refractivity contribution in [2.45, 2.75) is 83.8 Å². The van der Waals surface area contributed by atoms with Gasteiger partial charge in [0, 0.05) is 0 Å². The lowest BCUT2D eigenvalue weighted by molar-refractivity contribution is -0.144. The van der Waals surface area contributed by atoms with Crippen molar-refractivity contribution in [3.8, 4) is 0 Å². The number of aliphatic carboxylic acids is 1. The van der Waals surface area contributed by atoms with Gasteiger partial charge in [0.05, 0.1) is 18.1 Å². The van der Waals surface area contributed by atoms with Crippen LogP contribution in [0.25, 0.3) is 0 Å². The van der Waals surface area contributed by atoms with Gasteiger partial charge < -0.3 is 14.6 Å². The molecule has 1 aromatic carbocycles. The summed E-state index contributed by atoms with van der Waals surface area (Å²) < 4.78 is 12.1. The Labute approximate surface area is 185 Å². The second-order valence-corrected chi connectivity index (χ2v) is 10.1. The third-order valence-corrected chi connectivity index (χ3v) is 6.08. The molecule has 0 saturated carbocycles. The summed E-state index contributed by atoms with van der Waals surface area (Å²) in [5.74, 6) is -1.22. The van der Waals surface area contributed by atoms with Crippen molar-refractivity contribution in [2.75, 3.05) is 0 Å². The first kappa shape index (κ1) is 23.3. The Morgan fingerprint density at radius 1 is 1.16 bits per heavy atom. The number of carbonyl (C=O) groups is 2. The monoisotopic (exact) mass is 429 g/mol. The summed E-state index contributed by atoms with van der Waals surface area (Å²) in [6, 6.07) is 9.77. The minimum absolute atomic E-state index is 0.0276. The van der Waals surface area contributed by atoms with Crippen LogP contribution < -0.4 is 0 Å². The Morgan fingerprint density at radius 3 is 2.42 bits per heavy atom. The van der Waals surface area contributed by atoms with E-state index in [1.807, 2.05) is 71.0 Å². The minimum Gasteiger partial charge on any atom is -0.481 e.